The van der Waals surface area contributed by atoms with Gasteiger partial charge in [0.15, 0.2) is 0 Å². The summed E-state index contributed by atoms with van der Waals surface area (Å²) in [6.45, 7) is 4.07. The van der Waals surface area contributed by atoms with Gasteiger partial charge in [0.1, 0.15) is 17.9 Å². The number of aryl methyl sites for hydroxylation is 2. The van der Waals surface area contributed by atoms with E-state index in [2.05, 4.69) is 21.2 Å². The summed E-state index contributed by atoms with van der Waals surface area (Å²) >= 11 is 9.68. The predicted octanol–water partition coefficient (Wildman–Crippen LogP) is 5.96. The van der Waals surface area contributed by atoms with Gasteiger partial charge in [-0.3, -0.25) is 14.9 Å². The molecular weight excluding hydrogens is 520 g/mol. The molecule has 6 nitrogen and oxygen atoms in total. The third-order valence-corrected chi connectivity index (χ3v) is 6.47. The molecule has 0 saturated carbocycles. The summed E-state index contributed by atoms with van der Waals surface area (Å²) in [6, 6.07) is 17.0. The molecule has 0 unspecified atom stereocenters. The Balaban J connectivity index is 1.69. The van der Waals surface area contributed by atoms with Gasteiger partial charge in [-0.2, -0.15) is 0 Å². The minimum atomic E-state index is -0.799. The van der Waals surface area contributed by atoms with Crippen molar-refractivity contribution in [3.63, 3.8) is 0 Å². The van der Waals surface area contributed by atoms with Gasteiger partial charge in [-0.05, 0) is 67.4 Å². The molecule has 1 N–H and O–H groups in total. The number of urea groups is 1. The van der Waals surface area contributed by atoms with Crippen LogP contribution < -0.4 is 15.0 Å². The normalized spacial score (nSPS) is 15.0. The van der Waals surface area contributed by atoms with Crippen molar-refractivity contribution in [2.75, 3.05) is 4.90 Å². The van der Waals surface area contributed by atoms with Gasteiger partial charge in [-0.25, -0.2) is 9.69 Å². The Morgan fingerprint density at radius 2 is 1.76 bits per heavy atom. The summed E-state index contributed by atoms with van der Waals surface area (Å²) in [5, 5.41) is 2.65. The van der Waals surface area contributed by atoms with E-state index in [1.54, 1.807) is 30.3 Å². The molecule has 3 aromatic rings. The smallest absolute Gasteiger partial charge is 0.335 e. The molecule has 1 saturated heterocycles. The van der Waals surface area contributed by atoms with Crippen LogP contribution in [0.25, 0.3) is 6.08 Å². The first-order valence-electron chi connectivity index (χ1n) is 10.4. The number of nitrogens with one attached hydrogen (secondary N) is 1. The van der Waals surface area contributed by atoms with Gasteiger partial charge >= 0.3 is 6.03 Å². The fourth-order valence-electron chi connectivity index (χ4n) is 3.45. The minimum absolute atomic E-state index is 0.203. The number of amides is 4. The summed E-state index contributed by atoms with van der Waals surface area (Å²) < 4.78 is 6.87. The summed E-state index contributed by atoms with van der Waals surface area (Å²) in [6.07, 6.45) is 1.39. The zero-order chi connectivity index (χ0) is 24.4. The molecular formula is C26H20BrClN2O4. The monoisotopic (exact) mass is 538 g/mol. The molecule has 4 amide bonds. The lowest BCUT2D eigenvalue weighted by molar-refractivity contribution is -0.122. The highest BCUT2D eigenvalue weighted by molar-refractivity contribution is 9.10. The van der Waals surface area contributed by atoms with Crippen molar-refractivity contribution in [2.24, 2.45) is 0 Å². The van der Waals surface area contributed by atoms with Crippen molar-refractivity contribution in [1.82, 2.24) is 5.32 Å². The van der Waals surface area contributed by atoms with E-state index in [-0.39, 0.29) is 12.2 Å². The van der Waals surface area contributed by atoms with Crippen molar-refractivity contribution in [1.29, 1.82) is 0 Å². The molecule has 4 rings (SSSR count). The SMILES string of the molecule is Cc1ccc(N2C(=O)NC(=O)/C(=C\c3cc(Cl)ccc3OCc3ccccc3Br)C2=O)cc1C. The predicted molar refractivity (Wildman–Crippen MR) is 135 cm³/mol. The van der Waals surface area contributed by atoms with Crippen molar-refractivity contribution in [3.8, 4) is 5.75 Å². The second kappa shape index (κ2) is 9.83. The first-order chi connectivity index (χ1) is 16.2. The second-order valence-corrected chi connectivity index (χ2v) is 9.08. The molecule has 1 aliphatic rings. The van der Waals surface area contributed by atoms with Crippen molar-refractivity contribution in [3.05, 3.63) is 98.0 Å². The topological polar surface area (TPSA) is 75.7 Å². The van der Waals surface area contributed by atoms with Crippen LogP contribution in [0, 0.1) is 13.8 Å². The average molecular weight is 540 g/mol. The number of anilines is 1. The number of hydrogen-bond acceptors (Lipinski definition) is 4. The Morgan fingerprint density at radius 1 is 1.00 bits per heavy atom. The summed E-state index contributed by atoms with van der Waals surface area (Å²) in [5.41, 5.74) is 3.47. The fourth-order valence-corrected chi connectivity index (χ4v) is 4.03. The first-order valence-corrected chi connectivity index (χ1v) is 11.6. The van der Waals surface area contributed by atoms with Gasteiger partial charge in [0.25, 0.3) is 11.8 Å². The molecule has 0 atom stereocenters. The zero-order valence-corrected chi connectivity index (χ0v) is 20.7. The molecule has 0 spiro atoms. The Hall–Kier alpha value is -3.42. The fraction of sp³-hybridized carbons (Fsp3) is 0.115. The van der Waals surface area contributed by atoms with Crippen molar-refractivity contribution >= 4 is 57.1 Å². The highest BCUT2D eigenvalue weighted by Crippen LogP contribution is 2.29. The summed E-state index contributed by atoms with van der Waals surface area (Å²) in [4.78, 5) is 39.3. The average Bonchev–Trinajstić information content (AvgIpc) is 2.79. The van der Waals surface area contributed by atoms with E-state index in [0.717, 1.165) is 26.1 Å². The molecule has 3 aromatic carbocycles. The number of imide groups is 2. The number of benzene rings is 3. The van der Waals surface area contributed by atoms with Crippen LogP contribution in [0.15, 0.2) is 70.7 Å². The molecule has 1 fully saturated rings. The number of carbonyl (C=O) groups excluding carboxylic acids is 3. The van der Waals surface area contributed by atoms with Crippen LogP contribution in [-0.2, 0) is 16.2 Å². The number of halogens is 2. The van der Waals surface area contributed by atoms with Gasteiger partial charge < -0.3 is 4.74 Å². The molecule has 0 aromatic heterocycles. The number of nitrogens with zero attached hydrogens (tertiary/aromatic N) is 1. The van der Waals surface area contributed by atoms with Crippen molar-refractivity contribution < 1.29 is 19.1 Å². The lowest BCUT2D eigenvalue weighted by Gasteiger charge is -2.27. The van der Waals surface area contributed by atoms with Gasteiger partial charge in [-0.15, -0.1) is 0 Å². The molecule has 0 radical (unpaired) electrons. The second-order valence-electron chi connectivity index (χ2n) is 7.79. The lowest BCUT2D eigenvalue weighted by atomic mass is 10.0. The number of carbonyl (C=O) groups is 3. The van der Waals surface area contributed by atoms with Crippen LogP contribution in [0.5, 0.6) is 5.75 Å². The Bertz CT molecular complexity index is 1350. The van der Waals surface area contributed by atoms with Crippen LogP contribution >= 0.6 is 27.5 Å². The Morgan fingerprint density at radius 3 is 2.50 bits per heavy atom. The van der Waals surface area contributed by atoms with Gasteiger partial charge in [0, 0.05) is 20.6 Å². The highest BCUT2D eigenvalue weighted by atomic mass is 79.9. The Kier molecular flexibility index (Phi) is 6.86. The standard InChI is InChI=1S/C26H20BrClN2O4/c1-15-7-9-20(11-16(15)2)30-25(32)21(24(31)29-26(30)33)13-18-12-19(28)8-10-23(18)34-14-17-5-3-4-6-22(17)27/h3-13H,14H2,1-2H3,(H,29,31,33)/b21-13+. The largest absolute Gasteiger partial charge is 0.488 e. The van der Waals surface area contributed by atoms with Gasteiger partial charge in [-0.1, -0.05) is 51.8 Å². The lowest BCUT2D eigenvalue weighted by Crippen LogP contribution is -2.54. The quantitative estimate of drug-likeness (QED) is 0.320. The Labute approximate surface area is 210 Å². The molecule has 0 bridgehead atoms. The van der Waals surface area contributed by atoms with E-state index in [4.69, 9.17) is 16.3 Å². The third kappa shape index (κ3) is 4.90. The maximum absolute atomic E-state index is 13.3. The van der Waals surface area contributed by atoms with Crippen LogP contribution in [0.3, 0.4) is 0 Å². The molecule has 1 aliphatic heterocycles. The zero-order valence-electron chi connectivity index (χ0n) is 18.4. The van der Waals surface area contributed by atoms with Crippen molar-refractivity contribution in [2.45, 2.75) is 20.5 Å². The van der Waals surface area contributed by atoms with Crippen LogP contribution in [0.4, 0.5) is 10.5 Å². The molecule has 34 heavy (non-hydrogen) atoms. The number of barbiturate groups is 1. The van der Waals surface area contributed by atoms with E-state index >= 15 is 0 Å². The van der Waals surface area contributed by atoms with E-state index in [1.165, 1.54) is 6.08 Å². The first kappa shape index (κ1) is 23.7. The van der Waals surface area contributed by atoms with Crippen LogP contribution in [0.2, 0.25) is 5.02 Å². The molecule has 8 heteroatoms. The third-order valence-electron chi connectivity index (χ3n) is 5.46. The van der Waals surface area contributed by atoms with E-state index in [1.807, 2.05) is 44.2 Å². The number of hydrogen-bond donors (Lipinski definition) is 1. The van der Waals surface area contributed by atoms with E-state index in [0.29, 0.717) is 22.0 Å². The minimum Gasteiger partial charge on any atom is -0.488 e. The van der Waals surface area contributed by atoms with E-state index < -0.39 is 17.8 Å². The maximum atomic E-state index is 13.3. The van der Waals surface area contributed by atoms with Crippen LogP contribution in [-0.4, -0.2) is 17.8 Å². The van der Waals surface area contributed by atoms with E-state index in [9.17, 15) is 14.4 Å². The summed E-state index contributed by atoms with van der Waals surface area (Å²) in [5.74, 6) is -1.08. The number of ether oxygens (including phenoxy) is 1. The molecule has 172 valence electrons. The number of rotatable bonds is 5. The van der Waals surface area contributed by atoms with Gasteiger partial charge in [0.05, 0.1) is 5.69 Å². The molecule has 1 heterocycles. The van der Waals surface area contributed by atoms with Gasteiger partial charge in [0.2, 0.25) is 0 Å². The maximum Gasteiger partial charge on any atom is 0.335 e. The molecule has 0 aliphatic carbocycles. The highest BCUT2D eigenvalue weighted by Gasteiger charge is 2.37. The van der Waals surface area contributed by atoms with Crippen LogP contribution in [0.1, 0.15) is 22.3 Å². The summed E-state index contributed by atoms with van der Waals surface area (Å²) in [7, 11) is 0.